The van der Waals surface area contributed by atoms with Crippen LogP contribution in [-0.4, -0.2) is 67.4 Å². The lowest BCUT2D eigenvalue weighted by molar-refractivity contribution is 0.0963. The minimum absolute atomic E-state index is 0. The number of piperidine rings is 1. The van der Waals surface area contributed by atoms with E-state index < -0.39 is 0 Å². The fourth-order valence-electron chi connectivity index (χ4n) is 2.69. The summed E-state index contributed by atoms with van der Waals surface area (Å²) in [6, 6.07) is 4.00. The van der Waals surface area contributed by atoms with Gasteiger partial charge in [0.15, 0.2) is 5.96 Å². The average Bonchev–Trinajstić information content (AvgIpc) is 2.67. The molecule has 0 aliphatic carbocycles. The summed E-state index contributed by atoms with van der Waals surface area (Å²) in [5.41, 5.74) is 0. The molecule has 0 bridgehead atoms. The smallest absolute Gasteiger partial charge is 0.409 e. The first kappa shape index (κ1) is 23.3. The van der Waals surface area contributed by atoms with Gasteiger partial charge in [0.25, 0.3) is 0 Å². The van der Waals surface area contributed by atoms with E-state index >= 15 is 0 Å². The maximum absolute atomic E-state index is 11.7. The monoisotopic (exact) mass is 491 g/mol. The molecule has 1 aromatic rings. The summed E-state index contributed by atoms with van der Waals surface area (Å²) in [6.07, 6.45) is 4.92. The number of halogens is 1. The molecule has 1 aromatic heterocycles. The number of carbonyl (C=O) groups is 1. The molecule has 9 heteroatoms. The number of carbonyl (C=O) groups excluding carboxylic acids is 1. The molecule has 1 saturated heterocycles. The number of aromatic nitrogens is 1. The van der Waals surface area contributed by atoms with Crippen molar-refractivity contribution in [3.63, 3.8) is 0 Å². The summed E-state index contributed by atoms with van der Waals surface area (Å²) >= 11 is 0. The normalized spacial score (nSPS) is 14.9. The Morgan fingerprint density at radius 2 is 2.15 bits per heavy atom. The number of nitrogens with one attached hydrogen (secondary N) is 2. The second kappa shape index (κ2) is 13.4. The molecule has 1 fully saturated rings. The van der Waals surface area contributed by atoms with Gasteiger partial charge in [-0.05, 0) is 38.8 Å². The van der Waals surface area contributed by atoms with Crippen LogP contribution in [-0.2, 0) is 4.74 Å². The first-order valence-electron chi connectivity index (χ1n) is 9.22. The molecule has 0 radical (unpaired) electrons. The van der Waals surface area contributed by atoms with E-state index in [1.54, 1.807) is 17.3 Å². The van der Waals surface area contributed by atoms with E-state index in [0.29, 0.717) is 32.8 Å². The summed E-state index contributed by atoms with van der Waals surface area (Å²) in [6.45, 7) is 7.48. The molecule has 2 rings (SSSR count). The number of likely N-dealkylation sites (tertiary alicyclic amines) is 1. The van der Waals surface area contributed by atoms with E-state index in [9.17, 15) is 4.79 Å². The number of hydrogen-bond acceptors (Lipinski definition) is 5. The van der Waals surface area contributed by atoms with Gasteiger partial charge in [0.2, 0.25) is 0 Å². The van der Waals surface area contributed by atoms with Crippen molar-refractivity contribution in [2.24, 2.45) is 4.99 Å². The van der Waals surface area contributed by atoms with Gasteiger partial charge >= 0.3 is 6.09 Å². The number of nitrogens with zero attached hydrogens (tertiary/aromatic N) is 3. The van der Waals surface area contributed by atoms with E-state index in [1.165, 1.54) is 0 Å². The summed E-state index contributed by atoms with van der Waals surface area (Å²) in [5, 5.41) is 6.69. The molecule has 0 atom stereocenters. The van der Waals surface area contributed by atoms with Gasteiger partial charge in [-0.15, -0.1) is 24.0 Å². The topological polar surface area (TPSA) is 88.1 Å². The second-order valence-electron chi connectivity index (χ2n) is 5.90. The van der Waals surface area contributed by atoms with Crippen molar-refractivity contribution < 1.29 is 14.3 Å². The molecule has 1 aliphatic rings. The number of ether oxygens (including phenoxy) is 2. The summed E-state index contributed by atoms with van der Waals surface area (Å²) < 4.78 is 10.7. The fraction of sp³-hybridized carbons (Fsp3) is 0.611. The second-order valence-corrected chi connectivity index (χ2v) is 5.90. The molecule has 0 spiro atoms. The first-order valence-corrected chi connectivity index (χ1v) is 9.22. The molecule has 2 heterocycles. The lowest BCUT2D eigenvalue weighted by Crippen LogP contribution is -2.50. The highest BCUT2D eigenvalue weighted by atomic mass is 127. The van der Waals surface area contributed by atoms with Crippen molar-refractivity contribution >= 4 is 36.0 Å². The molecule has 152 valence electrons. The van der Waals surface area contributed by atoms with Crippen molar-refractivity contribution in [2.75, 3.05) is 39.4 Å². The Morgan fingerprint density at radius 1 is 1.37 bits per heavy atom. The lowest BCUT2D eigenvalue weighted by atomic mass is 10.1. The van der Waals surface area contributed by atoms with Crippen molar-refractivity contribution in [1.82, 2.24) is 20.5 Å². The molecule has 1 aliphatic heterocycles. The van der Waals surface area contributed by atoms with Gasteiger partial charge in [-0.3, -0.25) is 4.98 Å². The molecule has 0 saturated carbocycles. The van der Waals surface area contributed by atoms with E-state index in [-0.39, 0.29) is 36.1 Å². The van der Waals surface area contributed by atoms with Crippen LogP contribution in [0.2, 0.25) is 0 Å². The Balaban J connectivity index is 0.00000364. The van der Waals surface area contributed by atoms with Crippen LogP contribution in [0.1, 0.15) is 26.7 Å². The van der Waals surface area contributed by atoms with E-state index in [1.807, 2.05) is 26.0 Å². The van der Waals surface area contributed by atoms with Gasteiger partial charge in [0.1, 0.15) is 12.4 Å². The van der Waals surface area contributed by atoms with Crippen LogP contribution in [0.3, 0.4) is 0 Å². The van der Waals surface area contributed by atoms with Crippen molar-refractivity contribution in [2.45, 2.75) is 32.7 Å². The van der Waals surface area contributed by atoms with Gasteiger partial charge in [0.05, 0.1) is 19.3 Å². The van der Waals surface area contributed by atoms with Gasteiger partial charge in [0, 0.05) is 31.9 Å². The largest absolute Gasteiger partial charge is 0.490 e. The van der Waals surface area contributed by atoms with Gasteiger partial charge in [-0.25, -0.2) is 9.79 Å². The van der Waals surface area contributed by atoms with Crippen LogP contribution < -0.4 is 15.4 Å². The van der Waals surface area contributed by atoms with Crippen LogP contribution in [0.4, 0.5) is 4.79 Å². The fourth-order valence-corrected chi connectivity index (χ4v) is 2.69. The zero-order chi connectivity index (χ0) is 18.6. The summed E-state index contributed by atoms with van der Waals surface area (Å²) in [5.74, 6) is 1.52. The zero-order valence-corrected chi connectivity index (χ0v) is 18.3. The standard InChI is InChI=1S/C18H29N5O3.HI/c1-3-20-17(21-10-13-26-16-6-5-9-19-14-16)22-15-7-11-23(12-8-15)18(24)25-4-2;/h5-6,9,14-15H,3-4,7-8,10-13H2,1-2H3,(H2,20,21,22);1H. The third-order valence-corrected chi connectivity index (χ3v) is 3.97. The Kier molecular flexibility index (Phi) is 11.5. The number of pyridine rings is 1. The van der Waals surface area contributed by atoms with E-state index in [0.717, 1.165) is 31.1 Å². The summed E-state index contributed by atoms with van der Waals surface area (Å²) in [4.78, 5) is 22.1. The number of hydrogen-bond donors (Lipinski definition) is 2. The SMILES string of the molecule is CCNC(=NCCOc1cccnc1)NC1CCN(C(=O)OCC)CC1.I. The molecule has 0 aromatic carbocycles. The highest BCUT2D eigenvalue weighted by Gasteiger charge is 2.23. The predicted molar refractivity (Wildman–Crippen MR) is 116 cm³/mol. The molecular formula is C18H30IN5O3. The highest BCUT2D eigenvalue weighted by Crippen LogP contribution is 2.11. The minimum atomic E-state index is -0.223. The Hall–Kier alpha value is -1.78. The molecule has 0 unspecified atom stereocenters. The molecule has 27 heavy (non-hydrogen) atoms. The molecule has 2 N–H and O–H groups in total. The third kappa shape index (κ3) is 8.63. The van der Waals surface area contributed by atoms with Crippen LogP contribution in [0, 0.1) is 0 Å². The third-order valence-electron chi connectivity index (χ3n) is 3.97. The van der Waals surface area contributed by atoms with Gasteiger partial charge < -0.3 is 25.0 Å². The number of amides is 1. The molecular weight excluding hydrogens is 461 g/mol. The maximum atomic E-state index is 11.7. The first-order chi connectivity index (χ1) is 12.7. The maximum Gasteiger partial charge on any atom is 0.409 e. The Morgan fingerprint density at radius 3 is 2.78 bits per heavy atom. The number of guanidine groups is 1. The predicted octanol–water partition coefficient (Wildman–Crippen LogP) is 2.25. The Bertz CT molecular complexity index is 565. The van der Waals surface area contributed by atoms with Crippen LogP contribution in [0.5, 0.6) is 5.75 Å². The Labute approximate surface area is 178 Å². The lowest BCUT2D eigenvalue weighted by Gasteiger charge is -2.32. The molecule has 1 amide bonds. The van der Waals surface area contributed by atoms with E-state index in [2.05, 4.69) is 20.6 Å². The number of rotatable bonds is 7. The zero-order valence-electron chi connectivity index (χ0n) is 16.0. The van der Waals surface area contributed by atoms with Crippen molar-refractivity contribution in [3.05, 3.63) is 24.5 Å². The minimum Gasteiger partial charge on any atom is -0.490 e. The van der Waals surface area contributed by atoms with Crippen LogP contribution in [0.15, 0.2) is 29.5 Å². The molecule has 8 nitrogen and oxygen atoms in total. The summed E-state index contributed by atoms with van der Waals surface area (Å²) in [7, 11) is 0. The quantitative estimate of drug-likeness (QED) is 0.263. The number of aliphatic imine (C=N–C) groups is 1. The average molecular weight is 491 g/mol. The van der Waals surface area contributed by atoms with E-state index in [4.69, 9.17) is 9.47 Å². The highest BCUT2D eigenvalue weighted by molar-refractivity contribution is 14.0. The van der Waals surface area contributed by atoms with Crippen molar-refractivity contribution in [1.29, 1.82) is 0 Å². The van der Waals surface area contributed by atoms with Crippen molar-refractivity contribution in [3.8, 4) is 5.75 Å². The van der Waals surface area contributed by atoms with Crippen LogP contribution >= 0.6 is 24.0 Å². The van der Waals surface area contributed by atoms with Gasteiger partial charge in [-0.2, -0.15) is 0 Å². The van der Waals surface area contributed by atoms with Gasteiger partial charge in [-0.1, -0.05) is 0 Å². The van der Waals surface area contributed by atoms with Crippen LogP contribution in [0.25, 0.3) is 0 Å².